The van der Waals surface area contributed by atoms with Crippen LogP contribution in [-0.4, -0.2) is 16.7 Å². The van der Waals surface area contributed by atoms with Gasteiger partial charge in [0.1, 0.15) is 0 Å². The molecule has 0 amide bonds. The van der Waals surface area contributed by atoms with Crippen LogP contribution in [0.1, 0.15) is 45.4 Å². The highest BCUT2D eigenvalue weighted by atomic mass is 15.2. The topological polar surface area (TPSA) is 40.7 Å². The molecule has 84 valence electrons. The zero-order chi connectivity index (χ0) is 11.1. The average Bonchev–Trinajstić information content (AvgIpc) is 2.65. The maximum atomic E-state index is 4.37. The molecule has 15 heavy (non-hydrogen) atoms. The Kier molecular flexibility index (Phi) is 2.49. The highest BCUT2D eigenvalue weighted by Crippen LogP contribution is 2.39. The van der Waals surface area contributed by atoms with Gasteiger partial charge in [-0.25, -0.2) is 0 Å². The molecule has 1 aromatic rings. The molecule has 3 heteroatoms. The van der Waals surface area contributed by atoms with Crippen LogP contribution in [0.2, 0.25) is 0 Å². The first kappa shape index (κ1) is 10.5. The van der Waals surface area contributed by atoms with Crippen molar-refractivity contribution in [2.75, 3.05) is 11.9 Å². The first-order valence-corrected chi connectivity index (χ1v) is 5.82. The molecule has 0 saturated carbocycles. The maximum absolute atomic E-state index is 4.37. The normalized spacial score (nSPS) is 18.2. The van der Waals surface area contributed by atoms with Crippen molar-refractivity contribution in [3.63, 3.8) is 0 Å². The Morgan fingerprint density at radius 1 is 1.47 bits per heavy atom. The lowest BCUT2D eigenvalue weighted by Crippen LogP contribution is -2.12. The van der Waals surface area contributed by atoms with Crippen molar-refractivity contribution in [1.82, 2.24) is 10.2 Å². The lowest BCUT2D eigenvalue weighted by atomic mass is 9.91. The molecule has 1 aliphatic rings. The smallest absolute Gasteiger partial charge is 0.151 e. The van der Waals surface area contributed by atoms with Gasteiger partial charge in [-0.15, -0.1) is 0 Å². The predicted octanol–water partition coefficient (Wildman–Crippen LogP) is 2.70. The number of anilines is 1. The van der Waals surface area contributed by atoms with Gasteiger partial charge in [0.05, 0.1) is 0 Å². The highest BCUT2D eigenvalue weighted by Gasteiger charge is 2.33. The molecule has 1 aliphatic carbocycles. The van der Waals surface area contributed by atoms with E-state index in [1.165, 1.54) is 17.7 Å². The van der Waals surface area contributed by atoms with E-state index in [9.17, 15) is 0 Å². The molecule has 1 aromatic heterocycles. The van der Waals surface area contributed by atoms with Crippen LogP contribution in [0.3, 0.4) is 0 Å². The van der Waals surface area contributed by atoms with Crippen molar-refractivity contribution in [2.45, 2.75) is 46.0 Å². The van der Waals surface area contributed by atoms with Gasteiger partial charge in [0, 0.05) is 23.2 Å². The van der Waals surface area contributed by atoms with E-state index >= 15 is 0 Å². The second-order valence-electron chi connectivity index (χ2n) is 5.58. The van der Waals surface area contributed by atoms with Crippen LogP contribution in [0.25, 0.3) is 0 Å². The molecule has 0 saturated heterocycles. The highest BCUT2D eigenvalue weighted by molar-refractivity contribution is 5.51. The Morgan fingerprint density at radius 3 is 2.87 bits per heavy atom. The predicted molar refractivity (Wildman–Crippen MR) is 63.3 cm³/mol. The van der Waals surface area contributed by atoms with Gasteiger partial charge in [-0.3, -0.25) is 5.10 Å². The van der Waals surface area contributed by atoms with Gasteiger partial charge >= 0.3 is 0 Å². The lowest BCUT2D eigenvalue weighted by molar-refractivity contribution is 0.504. The summed E-state index contributed by atoms with van der Waals surface area (Å²) in [6.45, 7) is 9.98. The van der Waals surface area contributed by atoms with Gasteiger partial charge in [0.2, 0.25) is 0 Å². The quantitative estimate of drug-likeness (QED) is 0.800. The summed E-state index contributed by atoms with van der Waals surface area (Å²) < 4.78 is 0. The molecule has 0 bridgehead atoms. The number of nitrogens with zero attached hydrogens (tertiary/aromatic N) is 1. The molecule has 2 N–H and O–H groups in total. The molecule has 2 rings (SSSR count). The summed E-state index contributed by atoms with van der Waals surface area (Å²) in [6, 6.07) is 0. The van der Waals surface area contributed by atoms with Gasteiger partial charge < -0.3 is 5.32 Å². The zero-order valence-corrected chi connectivity index (χ0v) is 10.1. The maximum Gasteiger partial charge on any atom is 0.151 e. The SMILES string of the molecule is CC(C)CNc1n[nH]c2c1CCC2(C)C. The van der Waals surface area contributed by atoms with E-state index in [1.54, 1.807) is 0 Å². The van der Waals surface area contributed by atoms with Gasteiger partial charge in [0.25, 0.3) is 0 Å². The van der Waals surface area contributed by atoms with Crippen molar-refractivity contribution in [2.24, 2.45) is 5.92 Å². The Morgan fingerprint density at radius 2 is 2.20 bits per heavy atom. The summed E-state index contributed by atoms with van der Waals surface area (Å²) in [6.07, 6.45) is 2.38. The summed E-state index contributed by atoms with van der Waals surface area (Å²) in [5.41, 5.74) is 3.01. The van der Waals surface area contributed by atoms with E-state index in [4.69, 9.17) is 0 Å². The minimum atomic E-state index is 0.278. The van der Waals surface area contributed by atoms with Crippen molar-refractivity contribution in [3.8, 4) is 0 Å². The second kappa shape index (κ2) is 3.54. The minimum Gasteiger partial charge on any atom is -0.368 e. The third-order valence-corrected chi connectivity index (χ3v) is 3.22. The first-order valence-electron chi connectivity index (χ1n) is 5.82. The summed E-state index contributed by atoms with van der Waals surface area (Å²) in [7, 11) is 0. The molecule has 0 unspecified atom stereocenters. The summed E-state index contributed by atoms with van der Waals surface area (Å²) in [5, 5.41) is 11.0. The molecule has 0 fully saturated rings. The minimum absolute atomic E-state index is 0.278. The van der Waals surface area contributed by atoms with E-state index in [-0.39, 0.29) is 5.41 Å². The number of aromatic nitrogens is 2. The van der Waals surface area contributed by atoms with Gasteiger partial charge in [-0.1, -0.05) is 27.7 Å². The zero-order valence-electron chi connectivity index (χ0n) is 10.1. The fourth-order valence-corrected chi connectivity index (χ4v) is 2.18. The fourth-order valence-electron chi connectivity index (χ4n) is 2.18. The van der Waals surface area contributed by atoms with Gasteiger partial charge in [-0.2, -0.15) is 5.10 Å². The number of fused-ring (bicyclic) bond motifs is 1. The summed E-state index contributed by atoms with van der Waals surface area (Å²) in [5.74, 6) is 1.73. The largest absolute Gasteiger partial charge is 0.368 e. The van der Waals surface area contributed by atoms with Crippen LogP contribution >= 0.6 is 0 Å². The van der Waals surface area contributed by atoms with Crippen molar-refractivity contribution in [3.05, 3.63) is 11.3 Å². The van der Waals surface area contributed by atoms with Crippen LogP contribution in [0.4, 0.5) is 5.82 Å². The molecule has 3 nitrogen and oxygen atoms in total. The molecule has 0 atom stereocenters. The van der Waals surface area contributed by atoms with Crippen molar-refractivity contribution in [1.29, 1.82) is 0 Å². The molecule has 0 aromatic carbocycles. The number of hydrogen-bond acceptors (Lipinski definition) is 2. The Hall–Kier alpha value is -0.990. The number of aromatic amines is 1. The molecule has 0 aliphatic heterocycles. The van der Waals surface area contributed by atoms with E-state index < -0.39 is 0 Å². The first-order chi connectivity index (χ1) is 7.00. The van der Waals surface area contributed by atoms with E-state index in [1.807, 2.05) is 0 Å². The molecule has 0 radical (unpaired) electrons. The third-order valence-electron chi connectivity index (χ3n) is 3.22. The number of rotatable bonds is 3. The molecule has 1 heterocycles. The van der Waals surface area contributed by atoms with E-state index in [0.29, 0.717) is 5.92 Å². The van der Waals surface area contributed by atoms with E-state index in [2.05, 4.69) is 43.2 Å². The van der Waals surface area contributed by atoms with Gasteiger partial charge in [0.15, 0.2) is 5.82 Å². The van der Waals surface area contributed by atoms with E-state index in [0.717, 1.165) is 18.8 Å². The lowest BCUT2D eigenvalue weighted by Gasteiger charge is -2.15. The Balaban J connectivity index is 2.16. The fraction of sp³-hybridized carbons (Fsp3) is 0.750. The monoisotopic (exact) mass is 207 g/mol. The molecular formula is C12H21N3. The summed E-state index contributed by atoms with van der Waals surface area (Å²) >= 11 is 0. The van der Waals surface area contributed by atoms with Crippen molar-refractivity contribution >= 4 is 5.82 Å². The number of nitrogens with one attached hydrogen (secondary N) is 2. The van der Waals surface area contributed by atoms with Crippen LogP contribution < -0.4 is 5.32 Å². The standard InChI is InChI=1S/C12H21N3/c1-8(2)7-13-11-9-5-6-12(3,4)10(9)14-15-11/h8H,5-7H2,1-4H3,(H2,13,14,15). The van der Waals surface area contributed by atoms with Crippen molar-refractivity contribution < 1.29 is 0 Å². The molecular weight excluding hydrogens is 186 g/mol. The molecule has 0 spiro atoms. The van der Waals surface area contributed by atoms with Crippen LogP contribution in [0.15, 0.2) is 0 Å². The van der Waals surface area contributed by atoms with Crippen LogP contribution in [0, 0.1) is 5.92 Å². The Bertz CT molecular complexity index is 350. The number of hydrogen-bond donors (Lipinski definition) is 2. The van der Waals surface area contributed by atoms with Crippen LogP contribution in [-0.2, 0) is 11.8 Å². The number of H-pyrrole nitrogens is 1. The second-order valence-corrected chi connectivity index (χ2v) is 5.58. The van der Waals surface area contributed by atoms with Gasteiger partial charge in [-0.05, 0) is 18.8 Å². The third kappa shape index (κ3) is 1.87. The van der Waals surface area contributed by atoms with Crippen LogP contribution in [0.5, 0.6) is 0 Å². The Labute approximate surface area is 91.7 Å². The summed E-state index contributed by atoms with van der Waals surface area (Å²) in [4.78, 5) is 0. The average molecular weight is 207 g/mol.